The maximum Gasteiger partial charge on any atom is 0.257 e. The molecule has 0 heterocycles. The van der Waals surface area contributed by atoms with Crippen molar-refractivity contribution in [3.05, 3.63) is 59.1 Å². The topological polar surface area (TPSA) is 64.3 Å². The van der Waals surface area contributed by atoms with Gasteiger partial charge in [-0.1, -0.05) is 29.8 Å². The molecule has 0 saturated carbocycles. The molecule has 2 rings (SSSR count). The summed E-state index contributed by atoms with van der Waals surface area (Å²) in [6.45, 7) is 0.531. The summed E-state index contributed by atoms with van der Waals surface area (Å²) >= 11 is 5.83. The molecule has 21 heavy (non-hydrogen) atoms. The van der Waals surface area contributed by atoms with Crippen LogP contribution in [0.3, 0.4) is 0 Å². The van der Waals surface area contributed by atoms with Crippen LogP contribution in [0.4, 0.5) is 5.69 Å². The molecule has 0 radical (unpaired) electrons. The van der Waals surface area contributed by atoms with Crippen molar-refractivity contribution in [2.24, 2.45) is 0 Å². The largest absolute Gasteiger partial charge is 0.484 e. The Morgan fingerprint density at radius 1 is 1.19 bits per heavy atom. The fourth-order valence-electron chi connectivity index (χ4n) is 1.79. The van der Waals surface area contributed by atoms with Crippen molar-refractivity contribution >= 4 is 23.2 Å². The highest BCUT2D eigenvalue weighted by Gasteiger charge is 2.03. The van der Waals surface area contributed by atoms with Crippen LogP contribution in [0.25, 0.3) is 0 Å². The maximum absolute atomic E-state index is 11.7. The maximum atomic E-state index is 11.7. The summed E-state index contributed by atoms with van der Waals surface area (Å²) in [7, 11) is 0. The van der Waals surface area contributed by atoms with Crippen molar-refractivity contribution in [2.45, 2.75) is 6.42 Å². The van der Waals surface area contributed by atoms with Gasteiger partial charge in [0.1, 0.15) is 5.75 Å². The Balaban J connectivity index is 1.69. The van der Waals surface area contributed by atoms with Crippen molar-refractivity contribution in [1.29, 1.82) is 0 Å². The van der Waals surface area contributed by atoms with E-state index in [0.717, 1.165) is 17.7 Å². The molecular formula is C16H17ClN2O2. The third-order valence-corrected chi connectivity index (χ3v) is 3.12. The van der Waals surface area contributed by atoms with Gasteiger partial charge in [0.25, 0.3) is 5.91 Å². The lowest BCUT2D eigenvalue weighted by molar-refractivity contribution is -0.123. The number of halogens is 1. The molecule has 4 nitrogen and oxygen atoms in total. The number of nitrogen functional groups attached to an aromatic ring is 1. The molecule has 2 aromatic rings. The number of rotatable bonds is 6. The van der Waals surface area contributed by atoms with Crippen molar-refractivity contribution < 1.29 is 9.53 Å². The number of benzene rings is 2. The summed E-state index contributed by atoms with van der Waals surface area (Å²) in [5, 5.41) is 3.38. The minimum atomic E-state index is -0.162. The number of nitrogens with one attached hydrogen (secondary N) is 1. The number of anilines is 1. The van der Waals surface area contributed by atoms with Gasteiger partial charge in [-0.25, -0.2) is 0 Å². The van der Waals surface area contributed by atoms with Gasteiger partial charge in [0.05, 0.1) is 0 Å². The third kappa shape index (κ3) is 5.36. The number of ether oxygens (including phenoxy) is 1. The van der Waals surface area contributed by atoms with Gasteiger partial charge in [-0.2, -0.15) is 0 Å². The van der Waals surface area contributed by atoms with E-state index in [9.17, 15) is 4.79 Å². The van der Waals surface area contributed by atoms with Gasteiger partial charge < -0.3 is 15.8 Å². The lowest BCUT2D eigenvalue weighted by Gasteiger charge is -2.08. The Kier molecular flexibility index (Phi) is 5.46. The molecule has 0 aromatic heterocycles. The molecule has 5 heteroatoms. The summed E-state index contributed by atoms with van der Waals surface area (Å²) in [6.07, 6.45) is 0.753. The predicted molar refractivity (Wildman–Crippen MR) is 84.5 cm³/mol. The van der Waals surface area contributed by atoms with Gasteiger partial charge in [0.2, 0.25) is 0 Å². The molecule has 0 aliphatic rings. The first-order valence-corrected chi connectivity index (χ1v) is 7.01. The summed E-state index contributed by atoms with van der Waals surface area (Å²) in [5.41, 5.74) is 7.47. The number of hydrogen-bond acceptors (Lipinski definition) is 3. The molecule has 0 bridgehead atoms. The Hall–Kier alpha value is -2.20. The fraction of sp³-hybridized carbons (Fsp3) is 0.188. The Morgan fingerprint density at radius 3 is 2.67 bits per heavy atom. The van der Waals surface area contributed by atoms with E-state index in [4.69, 9.17) is 22.1 Å². The molecule has 0 fully saturated rings. The van der Waals surface area contributed by atoms with Crippen LogP contribution >= 0.6 is 11.6 Å². The zero-order valence-corrected chi connectivity index (χ0v) is 12.3. The predicted octanol–water partition coefficient (Wildman–Crippen LogP) is 2.66. The second-order valence-electron chi connectivity index (χ2n) is 4.59. The van der Waals surface area contributed by atoms with E-state index in [1.807, 2.05) is 24.3 Å². The number of carbonyl (C=O) groups is 1. The molecule has 0 aliphatic carbocycles. The first-order chi connectivity index (χ1) is 10.1. The van der Waals surface area contributed by atoms with E-state index in [0.29, 0.717) is 17.3 Å². The van der Waals surface area contributed by atoms with Crippen LogP contribution in [0.5, 0.6) is 5.75 Å². The fourth-order valence-corrected chi connectivity index (χ4v) is 1.97. The van der Waals surface area contributed by atoms with E-state index < -0.39 is 0 Å². The number of nitrogens with two attached hydrogens (primary N) is 1. The van der Waals surface area contributed by atoms with Crippen molar-refractivity contribution in [1.82, 2.24) is 5.32 Å². The molecule has 0 saturated heterocycles. The van der Waals surface area contributed by atoms with Crippen molar-refractivity contribution in [3.63, 3.8) is 0 Å². The monoisotopic (exact) mass is 304 g/mol. The molecule has 0 spiro atoms. The Morgan fingerprint density at radius 2 is 1.95 bits per heavy atom. The van der Waals surface area contributed by atoms with Gasteiger partial charge >= 0.3 is 0 Å². The van der Waals surface area contributed by atoms with Crippen LogP contribution in [-0.4, -0.2) is 19.1 Å². The molecule has 1 amide bonds. The zero-order chi connectivity index (χ0) is 15.1. The lowest BCUT2D eigenvalue weighted by atomic mass is 10.1. The molecule has 3 N–H and O–H groups in total. The molecule has 110 valence electrons. The van der Waals surface area contributed by atoms with E-state index in [2.05, 4.69) is 5.32 Å². The summed E-state index contributed by atoms with van der Waals surface area (Å²) in [5.74, 6) is 0.418. The summed E-state index contributed by atoms with van der Waals surface area (Å²) in [4.78, 5) is 11.7. The smallest absolute Gasteiger partial charge is 0.257 e. The standard InChI is InChI=1S/C16H17ClN2O2/c17-13-2-1-3-15(10-13)21-11-16(20)19-9-8-12-4-6-14(18)7-5-12/h1-7,10H,8-9,11,18H2,(H,19,20). The van der Waals surface area contributed by atoms with Gasteiger partial charge in [0.15, 0.2) is 6.61 Å². The van der Waals surface area contributed by atoms with E-state index in [-0.39, 0.29) is 12.5 Å². The normalized spacial score (nSPS) is 10.1. The van der Waals surface area contributed by atoms with Crippen molar-refractivity contribution in [3.8, 4) is 5.75 Å². The van der Waals surface area contributed by atoms with E-state index >= 15 is 0 Å². The minimum Gasteiger partial charge on any atom is -0.484 e. The number of carbonyl (C=O) groups excluding carboxylic acids is 1. The Labute approximate surface area is 128 Å². The summed E-state index contributed by atoms with van der Waals surface area (Å²) < 4.78 is 5.35. The first-order valence-electron chi connectivity index (χ1n) is 6.63. The highest BCUT2D eigenvalue weighted by Crippen LogP contribution is 2.16. The average molecular weight is 305 g/mol. The SMILES string of the molecule is Nc1ccc(CCNC(=O)COc2cccc(Cl)c2)cc1. The summed E-state index contributed by atoms with van der Waals surface area (Å²) in [6, 6.07) is 14.5. The highest BCUT2D eigenvalue weighted by molar-refractivity contribution is 6.30. The van der Waals surface area contributed by atoms with Gasteiger partial charge in [-0.3, -0.25) is 4.79 Å². The van der Waals surface area contributed by atoms with Gasteiger partial charge in [0, 0.05) is 17.3 Å². The van der Waals surface area contributed by atoms with E-state index in [1.54, 1.807) is 24.3 Å². The van der Waals surface area contributed by atoms with Gasteiger partial charge in [-0.05, 0) is 42.3 Å². The minimum absolute atomic E-state index is 0.0257. The first kappa shape index (κ1) is 15.2. The molecular weight excluding hydrogens is 288 g/mol. The number of amides is 1. The zero-order valence-electron chi connectivity index (χ0n) is 11.5. The lowest BCUT2D eigenvalue weighted by Crippen LogP contribution is -2.30. The molecule has 0 unspecified atom stereocenters. The molecule has 0 atom stereocenters. The van der Waals surface area contributed by atoms with E-state index in [1.165, 1.54) is 0 Å². The van der Waals surface area contributed by atoms with Crippen LogP contribution in [0.2, 0.25) is 5.02 Å². The highest BCUT2D eigenvalue weighted by atomic mass is 35.5. The number of hydrogen-bond donors (Lipinski definition) is 2. The van der Waals surface area contributed by atoms with Crippen LogP contribution in [0, 0.1) is 0 Å². The quantitative estimate of drug-likeness (QED) is 0.806. The van der Waals surface area contributed by atoms with Gasteiger partial charge in [-0.15, -0.1) is 0 Å². The second kappa shape index (κ2) is 7.55. The van der Waals surface area contributed by atoms with Crippen LogP contribution < -0.4 is 15.8 Å². The van der Waals surface area contributed by atoms with Crippen molar-refractivity contribution in [2.75, 3.05) is 18.9 Å². The van der Waals surface area contributed by atoms with Crippen LogP contribution in [0.1, 0.15) is 5.56 Å². The third-order valence-electron chi connectivity index (χ3n) is 2.88. The van der Waals surface area contributed by atoms with Crippen LogP contribution in [-0.2, 0) is 11.2 Å². The Bertz CT molecular complexity index is 599. The average Bonchev–Trinajstić information content (AvgIpc) is 2.47. The molecule has 2 aromatic carbocycles. The molecule has 0 aliphatic heterocycles. The van der Waals surface area contributed by atoms with Crippen LogP contribution in [0.15, 0.2) is 48.5 Å². The second-order valence-corrected chi connectivity index (χ2v) is 5.02.